The van der Waals surface area contributed by atoms with Gasteiger partial charge in [0.05, 0.1) is 0 Å². The molecule has 2 saturated heterocycles. The first kappa shape index (κ1) is 12.0. The fraction of sp³-hybridized carbons (Fsp3) is 1.00. The third-order valence-electron chi connectivity index (χ3n) is 5.23. The number of piperazine rings is 1. The predicted octanol–water partition coefficient (Wildman–Crippen LogP) is 2.74. The Balaban J connectivity index is 1.34. The second-order valence-electron chi connectivity index (χ2n) is 6.43. The van der Waals surface area contributed by atoms with Crippen LogP contribution in [0.5, 0.6) is 0 Å². The van der Waals surface area contributed by atoms with Gasteiger partial charge in [-0.25, -0.2) is 0 Å². The van der Waals surface area contributed by atoms with Crippen molar-refractivity contribution in [3.8, 4) is 0 Å². The van der Waals surface area contributed by atoms with E-state index < -0.39 is 0 Å². The number of fused-ring (bicyclic) bond motifs is 1. The van der Waals surface area contributed by atoms with E-state index >= 15 is 0 Å². The van der Waals surface area contributed by atoms with E-state index in [9.17, 15) is 0 Å². The summed E-state index contributed by atoms with van der Waals surface area (Å²) in [6, 6.07) is 0.912. The molecular formula is C15H28N2. The standard InChI is InChI=1S/C15H28N2/c1-2-6-14(5-1)7-3-9-16-11-12-17-10-4-8-15(17)13-16/h14-15H,1-13H2. The van der Waals surface area contributed by atoms with Crippen LogP contribution < -0.4 is 0 Å². The number of hydrogen-bond acceptors (Lipinski definition) is 2. The molecule has 1 saturated carbocycles. The molecule has 0 aromatic heterocycles. The molecule has 0 aromatic carbocycles. The van der Waals surface area contributed by atoms with Gasteiger partial charge in [-0.3, -0.25) is 4.90 Å². The zero-order chi connectivity index (χ0) is 11.5. The van der Waals surface area contributed by atoms with Crippen LogP contribution in [0.15, 0.2) is 0 Å². The van der Waals surface area contributed by atoms with Crippen LogP contribution in [0.2, 0.25) is 0 Å². The molecule has 1 atom stereocenters. The summed E-state index contributed by atoms with van der Waals surface area (Å²) < 4.78 is 0. The van der Waals surface area contributed by atoms with E-state index in [0.717, 1.165) is 12.0 Å². The SMILES string of the molecule is C1CCC(CCCN2CCN3CCCC3C2)C1. The van der Waals surface area contributed by atoms with Crippen molar-refractivity contribution in [3.63, 3.8) is 0 Å². The molecule has 0 N–H and O–H groups in total. The Morgan fingerprint density at radius 2 is 1.76 bits per heavy atom. The van der Waals surface area contributed by atoms with Gasteiger partial charge in [-0.1, -0.05) is 25.7 Å². The quantitative estimate of drug-likeness (QED) is 0.740. The highest BCUT2D eigenvalue weighted by Gasteiger charge is 2.30. The minimum absolute atomic E-state index is 0.912. The van der Waals surface area contributed by atoms with Gasteiger partial charge in [-0.15, -0.1) is 0 Å². The van der Waals surface area contributed by atoms with E-state index in [2.05, 4.69) is 9.80 Å². The lowest BCUT2D eigenvalue weighted by Crippen LogP contribution is -2.50. The molecule has 2 heteroatoms. The monoisotopic (exact) mass is 236 g/mol. The van der Waals surface area contributed by atoms with Crippen LogP contribution in [0.25, 0.3) is 0 Å². The summed E-state index contributed by atoms with van der Waals surface area (Å²) in [4.78, 5) is 5.45. The van der Waals surface area contributed by atoms with Gasteiger partial charge >= 0.3 is 0 Å². The zero-order valence-corrected chi connectivity index (χ0v) is 11.2. The molecule has 0 bridgehead atoms. The first-order chi connectivity index (χ1) is 8.42. The van der Waals surface area contributed by atoms with E-state index in [0.29, 0.717) is 0 Å². The molecule has 0 radical (unpaired) electrons. The van der Waals surface area contributed by atoms with E-state index in [4.69, 9.17) is 0 Å². The van der Waals surface area contributed by atoms with Crippen molar-refractivity contribution >= 4 is 0 Å². The van der Waals surface area contributed by atoms with Crippen molar-refractivity contribution in [2.75, 3.05) is 32.7 Å². The van der Waals surface area contributed by atoms with Crippen molar-refractivity contribution in [1.29, 1.82) is 0 Å². The molecule has 2 aliphatic heterocycles. The highest BCUT2D eigenvalue weighted by atomic mass is 15.3. The molecule has 98 valence electrons. The van der Waals surface area contributed by atoms with E-state index in [1.807, 2.05) is 0 Å². The Hall–Kier alpha value is -0.0800. The van der Waals surface area contributed by atoms with E-state index in [1.165, 1.54) is 84.1 Å². The lowest BCUT2D eigenvalue weighted by atomic mass is 10.0. The Bertz CT molecular complexity index is 235. The summed E-state index contributed by atoms with van der Waals surface area (Å²) in [5, 5.41) is 0. The molecule has 0 spiro atoms. The van der Waals surface area contributed by atoms with Gasteiger partial charge in [0.1, 0.15) is 0 Å². The van der Waals surface area contributed by atoms with Crippen LogP contribution in [0.3, 0.4) is 0 Å². The highest BCUT2D eigenvalue weighted by molar-refractivity contribution is 4.86. The number of rotatable bonds is 4. The zero-order valence-electron chi connectivity index (χ0n) is 11.2. The second kappa shape index (κ2) is 5.71. The van der Waals surface area contributed by atoms with Crippen LogP contribution in [0.4, 0.5) is 0 Å². The number of nitrogens with zero attached hydrogens (tertiary/aromatic N) is 2. The lowest BCUT2D eigenvalue weighted by Gasteiger charge is -2.37. The van der Waals surface area contributed by atoms with Crippen molar-refractivity contribution < 1.29 is 0 Å². The average molecular weight is 236 g/mol. The van der Waals surface area contributed by atoms with Crippen LogP contribution >= 0.6 is 0 Å². The summed E-state index contributed by atoms with van der Waals surface area (Å²) in [6.07, 6.45) is 11.9. The van der Waals surface area contributed by atoms with Crippen molar-refractivity contribution in [2.24, 2.45) is 5.92 Å². The molecule has 0 amide bonds. The fourth-order valence-electron chi connectivity index (χ4n) is 4.16. The fourth-order valence-corrected chi connectivity index (χ4v) is 4.16. The van der Waals surface area contributed by atoms with Gasteiger partial charge in [-0.2, -0.15) is 0 Å². The molecule has 1 unspecified atom stereocenters. The molecule has 3 rings (SSSR count). The van der Waals surface area contributed by atoms with Crippen molar-refractivity contribution in [2.45, 2.75) is 57.4 Å². The number of hydrogen-bond donors (Lipinski definition) is 0. The maximum absolute atomic E-state index is 2.74. The first-order valence-electron chi connectivity index (χ1n) is 7.88. The topological polar surface area (TPSA) is 6.48 Å². The van der Waals surface area contributed by atoms with Crippen LogP contribution in [-0.4, -0.2) is 48.6 Å². The summed E-state index contributed by atoms with van der Waals surface area (Å²) in [5.74, 6) is 1.09. The molecule has 3 fully saturated rings. The molecule has 0 aromatic rings. The minimum Gasteiger partial charge on any atom is -0.301 e. The van der Waals surface area contributed by atoms with Crippen LogP contribution in [0, 0.1) is 5.92 Å². The average Bonchev–Trinajstić information content (AvgIpc) is 2.98. The molecule has 1 aliphatic carbocycles. The second-order valence-corrected chi connectivity index (χ2v) is 6.43. The molecule has 2 heterocycles. The van der Waals surface area contributed by atoms with Gasteiger partial charge in [0.15, 0.2) is 0 Å². The van der Waals surface area contributed by atoms with E-state index in [1.54, 1.807) is 0 Å². The summed E-state index contributed by atoms with van der Waals surface area (Å²) in [7, 11) is 0. The predicted molar refractivity (Wildman–Crippen MR) is 72.2 cm³/mol. The largest absolute Gasteiger partial charge is 0.301 e. The molecular weight excluding hydrogens is 208 g/mol. The third kappa shape index (κ3) is 3.03. The Labute approximate surface area is 106 Å². The van der Waals surface area contributed by atoms with Crippen molar-refractivity contribution in [3.05, 3.63) is 0 Å². The molecule has 17 heavy (non-hydrogen) atoms. The minimum atomic E-state index is 0.912. The Kier molecular flexibility index (Phi) is 4.02. The summed E-state index contributed by atoms with van der Waals surface area (Å²) in [6.45, 7) is 6.79. The summed E-state index contributed by atoms with van der Waals surface area (Å²) >= 11 is 0. The lowest BCUT2D eigenvalue weighted by molar-refractivity contribution is 0.102. The maximum Gasteiger partial charge on any atom is 0.0224 e. The first-order valence-corrected chi connectivity index (χ1v) is 7.88. The Morgan fingerprint density at radius 3 is 2.65 bits per heavy atom. The van der Waals surface area contributed by atoms with Gasteiger partial charge in [0, 0.05) is 25.7 Å². The van der Waals surface area contributed by atoms with Crippen LogP contribution in [0.1, 0.15) is 51.4 Å². The molecule has 3 aliphatic rings. The maximum atomic E-state index is 2.74. The van der Waals surface area contributed by atoms with Crippen molar-refractivity contribution in [1.82, 2.24) is 9.80 Å². The normalized spacial score (nSPS) is 32.1. The Morgan fingerprint density at radius 1 is 0.882 bits per heavy atom. The highest BCUT2D eigenvalue weighted by Crippen LogP contribution is 2.29. The van der Waals surface area contributed by atoms with Gasteiger partial charge < -0.3 is 4.90 Å². The van der Waals surface area contributed by atoms with Gasteiger partial charge in [0.25, 0.3) is 0 Å². The van der Waals surface area contributed by atoms with Gasteiger partial charge in [-0.05, 0) is 44.7 Å². The third-order valence-corrected chi connectivity index (χ3v) is 5.23. The summed E-state index contributed by atoms with van der Waals surface area (Å²) in [5.41, 5.74) is 0. The van der Waals surface area contributed by atoms with E-state index in [-0.39, 0.29) is 0 Å². The molecule has 2 nitrogen and oxygen atoms in total. The van der Waals surface area contributed by atoms with Crippen LogP contribution in [-0.2, 0) is 0 Å². The van der Waals surface area contributed by atoms with Gasteiger partial charge in [0.2, 0.25) is 0 Å². The smallest absolute Gasteiger partial charge is 0.0224 e.